The molecule has 28 heavy (non-hydrogen) atoms. The van der Waals surface area contributed by atoms with Crippen molar-refractivity contribution in [2.24, 2.45) is 0 Å². The van der Waals surface area contributed by atoms with Crippen LogP contribution in [0, 0.1) is 13.8 Å². The molecule has 0 bridgehead atoms. The second-order valence-corrected chi connectivity index (χ2v) is 8.37. The fourth-order valence-corrected chi connectivity index (χ4v) is 4.83. The van der Waals surface area contributed by atoms with Crippen LogP contribution in [0.25, 0.3) is 20.2 Å². The monoisotopic (exact) mass is 379 g/mol. The third-order valence-corrected chi connectivity index (χ3v) is 6.34. The van der Waals surface area contributed by atoms with Crippen LogP contribution in [0.15, 0.2) is 91.0 Å². The Bertz CT molecular complexity index is 1220. The third-order valence-electron chi connectivity index (χ3n) is 5.20. The van der Waals surface area contributed by atoms with Crippen LogP contribution in [0.2, 0.25) is 0 Å². The van der Waals surface area contributed by atoms with E-state index < -0.39 is 0 Å². The number of anilines is 3. The molecule has 0 aliphatic rings. The molecule has 1 heterocycles. The second kappa shape index (κ2) is 6.81. The van der Waals surface area contributed by atoms with Gasteiger partial charge in [-0.3, -0.25) is 0 Å². The maximum atomic E-state index is 2.34. The van der Waals surface area contributed by atoms with Gasteiger partial charge < -0.3 is 4.90 Å². The lowest BCUT2D eigenvalue weighted by atomic mass is 10.1. The Morgan fingerprint density at radius 2 is 1.07 bits per heavy atom. The summed E-state index contributed by atoms with van der Waals surface area (Å²) < 4.78 is 2.66. The quantitative estimate of drug-likeness (QED) is 0.306. The number of benzene rings is 4. The van der Waals surface area contributed by atoms with Gasteiger partial charge in [-0.1, -0.05) is 59.7 Å². The molecule has 0 spiro atoms. The van der Waals surface area contributed by atoms with Crippen LogP contribution in [0.5, 0.6) is 0 Å². The van der Waals surface area contributed by atoms with Gasteiger partial charge in [0, 0.05) is 37.2 Å². The molecule has 4 aromatic carbocycles. The lowest BCUT2D eigenvalue weighted by Crippen LogP contribution is -2.09. The molecule has 0 radical (unpaired) electrons. The molecule has 0 atom stereocenters. The molecular weight excluding hydrogens is 358 g/mol. The van der Waals surface area contributed by atoms with Gasteiger partial charge in [0.05, 0.1) is 0 Å². The van der Waals surface area contributed by atoms with Crippen LogP contribution in [0.3, 0.4) is 0 Å². The summed E-state index contributed by atoms with van der Waals surface area (Å²) >= 11 is 1.86. The first-order valence-electron chi connectivity index (χ1n) is 9.54. The van der Waals surface area contributed by atoms with E-state index in [1.54, 1.807) is 0 Å². The topological polar surface area (TPSA) is 3.24 Å². The molecule has 0 amide bonds. The molecule has 1 nitrogen and oxygen atoms in total. The molecule has 5 rings (SSSR count). The van der Waals surface area contributed by atoms with Crippen LogP contribution >= 0.6 is 11.3 Å². The minimum Gasteiger partial charge on any atom is -0.310 e. The molecule has 0 unspecified atom stereocenters. The summed E-state index contributed by atoms with van der Waals surface area (Å²) in [5.74, 6) is 0. The van der Waals surface area contributed by atoms with Gasteiger partial charge in [0.25, 0.3) is 0 Å². The van der Waals surface area contributed by atoms with E-state index in [9.17, 15) is 0 Å². The Labute approximate surface area is 169 Å². The first-order valence-corrected chi connectivity index (χ1v) is 10.4. The average molecular weight is 380 g/mol. The highest BCUT2D eigenvalue weighted by Gasteiger charge is 2.14. The zero-order chi connectivity index (χ0) is 19.1. The minimum atomic E-state index is 1.18. The largest absolute Gasteiger partial charge is 0.310 e. The van der Waals surface area contributed by atoms with Crippen LogP contribution in [-0.2, 0) is 0 Å². The first-order chi connectivity index (χ1) is 13.7. The van der Waals surface area contributed by atoms with Crippen molar-refractivity contribution in [2.75, 3.05) is 4.90 Å². The molecule has 0 fully saturated rings. The minimum absolute atomic E-state index is 1.18. The maximum Gasteiger partial charge on any atom is 0.0476 e. The van der Waals surface area contributed by atoms with E-state index in [2.05, 4.69) is 110 Å². The number of thiophene rings is 1. The number of fused-ring (bicyclic) bond motifs is 3. The number of hydrogen-bond acceptors (Lipinski definition) is 2. The Hall–Kier alpha value is -3.10. The molecule has 0 aliphatic heterocycles. The van der Waals surface area contributed by atoms with Gasteiger partial charge >= 0.3 is 0 Å². The zero-order valence-corrected chi connectivity index (χ0v) is 16.8. The molecule has 136 valence electrons. The van der Waals surface area contributed by atoms with Crippen LogP contribution in [0.4, 0.5) is 17.1 Å². The van der Waals surface area contributed by atoms with Gasteiger partial charge in [-0.15, -0.1) is 11.3 Å². The van der Waals surface area contributed by atoms with Crippen LogP contribution in [0.1, 0.15) is 11.1 Å². The van der Waals surface area contributed by atoms with E-state index in [-0.39, 0.29) is 0 Å². The van der Waals surface area contributed by atoms with E-state index in [0.29, 0.717) is 0 Å². The van der Waals surface area contributed by atoms with Gasteiger partial charge in [0.2, 0.25) is 0 Å². The Morgan fingerprint density at radius 3 is 1.71 bits per heavy atom. The molecule has 0 saturated carbocycles. The van der Waals surface area contributed by atoms with Crippen molar-refractivity contribution in [1.29, 1.82) is 0 Å². The normalized spacial score (nSPS) is 11.2. The summed E-state index contributed by atoms with van der Waals surface area (Å²) in [7, 11) is 0. The number of hydrogen-bond donors (Lipinski definition) is 0. The number of nitrogens with zero attached hydrogens (tertiary/aromatic N) is 1. The molecule has 2 heteroatoms. The summed E-state index contributed by atoms with van der Waals surface area (Å²) in [6.07, 6.45) is 0. The summed E-state index contributed by atoms with van der Waals surface area (Å²) in [6, 6.07) is 33.0. The van der Waals surface area contributed by atoms with Gasteiger partial charge in [-0.25, -0.2) is 0 Å². The molecule has 0 aliphatic carbocycles. The molecule has 5 aromatic rings. The van der Waals surface area contributed by atoms with E-state index >= 15 is 0 Å². The van der Waals surface area contributed by atoms with E-state index in [0.717, 1.165) is 0 Å². The van der Waals surface area contributed by atoms with Crippen molar-refractivity contribution in [1.82, 2.24) is 0 Å². The van der Waals surface area contributed by atoms with Crippen LogP contribution < -0.4 is 4.90 Å². The SMILES string of the molecule is Cc1ccc(N(c2ccc(C)cc2)c2ccc3c(c2)sc2ccccc23)cc1. The lowest BCUT2D eigenvalue weighted by Gasteiger charge is -2.25. The fourth-order valence-electron chi connectivity index (χ4n) is 3.69. The summed E-state index contributed by atoms with van der Waals surface area (Å²) in [4.78, 5) is 2.34. The first kappa shape index (κ1) is 17.0. The van der Waals surface area contributed by atoms with Crippen molar-refractivity contribution in [2.45, 2.75) is 13.8 Å². The van der Waals surface area contributed by atoms with E-state index in [1.807, 2.05) is 11.3 Å². The predicted octanol–water partition coefficient (Wildman–Crippen LogP) is 8.14. The van der Waals surface area contributed by atoms with Gasteiger partial charge in [0.15, 0.2) is 0 Å². The van der Waals surface area contributed by atoms with Crippen molar-refractivity contribution >= 4 is 48.6 Å². The summed E-state index contributed by atoms with van der Waals surface area (Å²) in [6.45, 7) is 4.26. The third kappa shape index (κ3) is 2.96. The predicted molar refractivity (Wildman–Crippen MR) is 123 cm³/mol. The molecule has 0 N–H and O–H groups in total. The van der Waals surface area contributed by atoms with Crippen molar-refractivity contribution in [3.63, 3.8) is 0 Å². The Kier molecular flexibility index (Phi) is 4.14. The number of rotatable bonds is 3. The van der Waals surface area contributed by atoms with Crippen LogP contribution in [-0.4, -0.2) is 0 Å². The van der Waals surface area contributed by atoms with Crippen molar-refractivity contribution in [3.05, 3.63) is 102 Å². The smallest absolute Gasteiger partial charge is 0.0476 e. The van der Waals surface area contributed by atoms with Gasteiger partial charge in [-0.05, 0) is 56.3 Å². The standard InChI is InChI=1S/C26H21NS/c1-18-7-11-20(12-8-18)27(21-13-9-19(2)10-14-21)22-15-16-24-23-5-3-4-6-25(23)28-26(24)17-22/h3-17H,1-2H3. The molecule has 0 saturated heterocycles. The zero-order valence-electron chi connectivity index (χ0n) is 16.0. The molecule has 1 aromatic heterocycles. The molecular formula is C26H21NS. The summed E-state index contributed by atoms with van der Waals surface area (Å²) in [5, 5.41) is 2.67. The summed E-state index contributed by atoms with van der Waals surface area (Å²) in [5.41, 5.74) is 6.08. The number of aryl methyl sites for hydroxylation is 2. The van der Waals surface area contributed by atoms with Crippen molar-refractivity contribution < 1.29 is 0 Å². The Morgan fingerprint density at radius 1 is 0.536 bits per heavy atom. The maximum absolute atomic E-state index is 2.34. The van der Waals surface area contributed by atoms with E-state index in [4.69, 9.17) is 0 Å². The second-order valence-electron chi connectivity index (χ2n) is 7.29. The van der Waals surface area contributed by atoms with Crippen molar-refractivity contribution in [3.8, 4) is 0 Å². The lowest BCUT2D eigenvalue weighted by molar-refractivity contribution is 1.27. The highest BCUT2D eigenvalue weighted by atomic mass is 32.1. The highest BCUT2D eigenvalue weighted by molar-refractivity contribution is 7.25. The highest BCUT2D eigenvalue weighted by Crippen LogP contribution is 2.40. The fraction of sp³-hybridized carbons (Fsp3) is 0.0769. The van der Waals surface area contributed by atoms with Gasteiger partial charge in [0.1, 0.15) is 0 Å². The van der Waals surface area contributed by atoms with E-state index in [1.165, 1.54) is 48.4 Å². The Balaban J connectivity index is 1.70. The average Bonchev–Trinajstić information content (AvgIpc) is 3.09. The van der Waals surface area contributed by atoms with Gasteiger partial charge in [-0.2, -0.15) is 0 Å².